The van der Waals surface area contributed by atoms with Gasteiger partial charge in [0.05, 0.1) is 6.61 Å². The molecule has 0 aromatic heterocycles. The van der Waals surface area contributed by atoms with Crippen molar-refractivity contribution >= 4 is 5.97 Å². The molecule has 2 aliphatic rings. The number of carboxylic acids is 1. The standard InChI is InChI=1S/C14H26N2O3/c1-11(16-6-3-8-19-9-7-16)10-14(2,13(17)18)15-12-4-5-12/h11-12,15H,3-10H2,1-2H3,(H,17,18). The van der Waals surface area contributed by atoms with Crippen LogP contribution in [0, 0.1) is 0 Å². The van der Waals surface area contributed by atoms with Crippen molar-refractivity contribution in [3.05, 3.63) is 0 Å². The van der Waals surface area contributed by atoms with Crippen LogP contribution in [0.1, 0.15) is 39.5 Å². The van der Waals surface area contributed by atoms with Crippen molar-refractivity contribution < 1.29 is 14.6 Å². The van der Waals surface area contributed by atoms with Crippen molar-refractivity contribution in [1.82, 2.24) is 10.2 Å². The van der Waals surface area contributed by atoms with Gasteiger partial charge in [0.2, 0.25) is 0 Å². The van der Waals surface area contributed by atoms with Crippen LogP contribution >= 0.6 is 0 Å². The first-order chi connectivity index (χ1) is 9.01. The zero-order valence-corrected chi connectivity index (χ0v) is 12.0. The van der Waals surface area contributed by atoms with Crippen LogP contribution in [0.5, 0.6) is 0 Å². The minimum Gasteiger partial charge on any atom is -0.480 e. The lowest BCUT2D eigenvalue weighted by Crippen LogP contribution is -2.54. The van der Waals surface area contributed by atoms with Gasteiger partial charge in [-0.25, -0.2) is 0 Å². The van der Waals surface area contributed by atoms with Gasteiger partial charge in [0.1, 0.15) is 5.54 Å². The number of aliphatic carboxylic acids is 1. The molecular weight excluding hydrogens is 244 g/mol. The SMILES string of the molecule is CC(CC(C)(NC1CC1)C(=O)O)N1CCCOCC1. The van der Waals surface area contributed by atoms with E-state index in [9.17, 15) is 9.90 Å². The second-order valence-corrected chi connectivity index (χ2v) is 6.11. The molecule has 1 aliphatic carbocycles. The third-order valence-corrected chi connectivity index (χ3v) is 4.16. The van der Waals surface area contributed by atoms with Crippen molar-refractivity contribution in [2.24, 2.45) is 0 Å². The second kappa shape index (κ2) is 6.20. The molecule has 2 unspecified atom stereocenters. The lowest BCUT2D eigenvalue weighted by Gasteiger charge is -2.34. The van der Waals surface area contributed by atoms with Gasteiger partial charge in [-0.3, -0.25) is 15.0 Å². The molecule has 0 amide bonds. The Morgan fingerprint density at radius 3 is 2.84 bits per heavy atom. The molecule has 1 heterocycles. The van der Waals surface area contributed by atoms with Crippen LogP contribution in [0.4, 0.5) is 0 Å². The molecule has 0 aromatic carbocycles. The van der Waals surface area contributed by atoms with E-state index in [2.05, 4.69) is 17.1 Å². The Bertz CT molecular complexity index is 312. The van der Waals surface area contributed by atoms with Crippen molar-refractivity contribution in [3.63, 3.8) is 0 Å². The predicted octanol–water partition coefficient (Wildman–Crippen LogP) is 1.08. The Labute approximate surface area is 115 Å². The molecule has 5 nitrogen and oxygen atoms in total. The number of hydrogen-bond donors (Lipinski definition) is 2. The zero-order chi connectivity index (χ0) is 13.9. The first-order valence-electron chi connectivity index (χ1n) is 7.34. The Kier molecular flexibility index (Phi) is 4.81. The molecular formula is C14H26N2O3. The van der Waals surface area contributed by atoms with Gasteiger partial charge in [-0.15, -0.1) is 0 Å². The molecule has 0 spiro atoms. The third kappa shape index (κ3) is 4.16. The fourth-order valence-corrected chi connectivity index (χ4v) is 2.81. The van der Waals surface area contributed by atoms with Gasteiger partial charge >= 0.3 is 5.97 Å². The highest BCUT2D eigenvalue weighted by Gasteiger charge is 2.40. The van der Waals surface area contributed by atoms with E-state index in [1.54, 1.807) is 0 Å². The smallest absolute Gasteiger partial charge is 0.323 e. The summed E-state index contributed by atoms with van der Waals surface area (Å²) in [6.07, 6.45) is 3.88. The summed E-state index contributed by atoms with van der Waals surface area (Å²) in [4.78, 5) is 13.9. The van der Waals surface area contributed by atoms with E-state index in [-0.39, 0.29) is 6.04 Å². The summed E-state index contributed by atoms with van der Waals surface area (Å²) < 4.78 is 5.45. The van der Waals surface area contributed by atoms with Crippen LogP contribution in [0.3, 0.4) is 0 Å². The zero-order valence-electron chi connectivity index (χ0n) is 12.0. The molecule has 0 radical (unpaired) electrons. The van der Waals surface area contributed by atoms with Gasteiger partial charge in [0.15, 0.2) is 0 Å². The maximum absolute atomic E-state index is 11.6. The van der Waals surface area contributed by atoms with Gasteiger partial charge in [-0.05, 0) is 39.5 Å². The van der Waals surface area contributed by atoms with Crippen LogP contribution in [0.2, 0.25) is 0 Å². The van der Waals surface area contributed by atoms with Crippen LogP contribution in [-0.2, 0) is 9.53 Å². The normalized spacial score (nSPS) is 26.4. The number of ether oxygens (including phenoxy) is 1. The summed E-state index contributed by atoms with van der Waals surface area (Å²) in [7, 11) is 0. The van der Waals surface area contributed by atoms with Crippen LogP contribution in [0.15, 0.2) is 0 Å². The van der Waals surface area contributed by atoms with E-state index in [0.717, 1.165) is 45.6 Å². The molecule has 1 saturated heterocycles. The number of nitrogens with one attached hydrogen (secondary N) is 1. The second-order valence-electron chi connectivity index (χ2n) is 6.11. The summed E-state index contributed by atoms with van der Waals surface area (Å²) in [5, 5.41) is 12.8. The highest BCUT2D eigenvalue weighted by atomic mass is 16.5. The first-order valence-corrected chi connectivity index (χ1v) is 7.34. The van der Waals surface area contributed by atoms with Crippen LogP contribution in [0.25, 0.3) is 0 Å². The van der Waals surface area contributed by atoms with E-state index in [4.69, 9.17) is 4.74 Å². The number of nitrogens with zero attached hydrogens (tertiary/aromatic N) is 1. The van der Waals surface area contributed by atoms with Crippen molar-refractivity contribution in [1.29, 1.82) is 0 Å². The Morgan fingerprint density at radius 2 is 2.21 bits per heavy atom. The quantitative estimate of drug-likeness (QED) is 0.756. The maximum atomic E-state index is 11.6. The maximum Gasteiger partial charge on any atom is 0.323 e. The van der Waals surface area contributed by atoms with Crippen LogP contribution < -0.4 is 5.32 Å². The highest BCUT2D eigenvalue weighted by molar-refractivity contribution is 5.78. The van der Waals surface area contributed by atoms with E-state index in [0.29, 0.717) is 12.5 Å². The number of hydrogen-bond acceptors (Lipinski definition) is 4. The monoisotopic (exact) mass is 270 g/mol. The molecule has 1 saturated carbocycles. The van der Waals surface area contributed by atoms with Crippen molar-refractivity contribution in [2.45, 2.75) is 57.2 Å². The molecule has 5 heteroatoms. The predicted molar refractivity (Wildman–Crippen MR) is 73.3 cm³/mol. The average Bonchev–Trinajstić information content (AvgIpc) is 3.14. The first kappa shape index (κ1) is 14.8. The molecule has 2 fully saturated rings. The summed E-state index contributed by atoms with van der Waals surface area (Å²) in [6, 6.07) is 0.662. The number of carboxylic acid groups (broad SMARTS) is 1. The fourth-order valence-electron chi connectivity index (χ4n) is 2.81. The third-order valence-electron chi connectivity index (χ3n) is 4.16. The summed E-state index contributed by atoms with van der Waals surface area (Å²) >= 11 is 0. The molecule has 2 atom stereocenters. The van der Waals surface area contributed by atoms with Crippen LogP contribution in [-0.4, -0.2) is 59.9 Å². The van der Waals surface area contributed by atoms with E-state index >= 15 is 0 Å². The fraction of sp³-hybridized carbons (Fsp3) is 0.929. The highest BCUT2D eigenvalue weighted by Crippen LogP contribution is 2.26. The van der Waals surface area contributed by atoms with Gasteiger partial charge in [0, 0.05) is 31.8 Å². The van der Waals surface area contributed by atoms with Crippen molar-refractivity contribution in [2.75, 3.05) is 26.3 Å². The van der Waals surface area contributed by atoms with Gasteiger partial charge in [-0.2, -0.15) is 0 Å². The molecule has 110 valence electrons. The van der Waals surface area contributed by atoms with Gasteiger partial charge in [-0.1, -0.05) is 0 Å². The minimum atomic E-state index is -0.812. The van der Waals surface area contributed by atoms with E-state index in [1.807, 2.05) is 6.92 Å². The molecule has 1 aliphatic heterocycles. The lowest BCUT2D eigenvalue weighted by atomic mass is 9.92. The largest absolute Gasteiger partial charge is 0.480 e. The van der Waals surface area contributed by atoms with E-state index < -0.39 is 11.5 Å². The molecule has 0 aromatic rings. The Balaban J connectivity index is 1.92. The number of carbonyl (C=O) groups is 1. The van der Waals surface area contributed by atoms with Gasteiger partial charge in [0.25, 0.3) is 0 Å². The molecule has 19 heavy (non-hydrogen) atoms. The summed E-state index contributed by atoms with van der Waals surface area (Å²) in [6.45, 7) is 7.42. The van der Waals surface area contributed by atoms with E-state index in [1.165, 1.54) is 0 Å². The molecule has 2 N–H and O–H groups in total. The Morgan fingerprint density at radius 1 is 1.47 bits per heavy atom. The topological polar surface area (TPSA) is 61.8 Å². The molecule has 2 rings (SSSR count). The average molecular weight is 270 g/mol. The summed E-state index contributed by atoms with van der Waals surface area (Å²) in [5.41, 5.74) is -0.812. The van der Waals surface area contributed by atoms with Crippen molar-refractivity contribution in [3.8, 4) is 0 Å². The summed E-state index contributed by atoms with van der Waals surface area (Å²) in [5.74, 6) is -0.739. The minimum absolute atomic E-state index is 0.258. The number of rotatable bonds is 6. The lowest BCUT2D eigenvalue weighted by molar-refractivity contribution is -0.145. The molecule has 0 bridgehead atoms. The van der Waals surface area contributed by atoms with Gasteiger partial charge < -0.3 is 9.84 Å². The Hall–Kier alpha value is -0.650.